The first kappa shape index (κ1) is 18.9. The first-order valence-electron chi connectivity index (χ1n) is 10.1. The minimum atomic E-state index is -0.508. The minimum Gasteiger partial charge on any atom is -0.497 e. The largest absolute Gasteiger partial charge is 0.497 e. The van der Waals surface area contributed by atoms with E-state index in [1.165, 1.54) is 6.42 Å². The van der Waals surface area contributed by atoms with Crippen LogP contribution in [0.1, 0.15) is 68.3 Å². The fourth-order valence-corrected chi connectivity index (χ4v) is 4.28. The zero-order chi connectivity index (χ0) is 19.4. The molecule has 1 aliphatic heterocycles. The Morgan fingerprint density at radius 2 is 2.00 bits per heavy atom. The van der Waals surface area contributed by atoms with Crippen LogP contribution in [0.4, 0.5) is 0 Å². The zero-order valence-electron chi connectivity index (χ0n) is 16.3. The van der Waals surface area contributed by atoms with E-state index in [9.17, 15) is 4.79 Å². The number of hydrogen-bond acceptors (Lipinski definition) is 6. The highest BCUT2D eigenvalue weighted by Crippen LogP contribution is 2.40. The van der Waals surface area contributed by atoms with Crippen LogP contribution in [0.15, 0.2) is 28.8 Å². The number of rotatable bonds is 6. The molecule has 1 amide bonds. The van der Waals surface area contributed by atoms with Gasteiger partial charge in [-0.3, -0.25) is 4.79 Å². The highest BCUT2D eigenvalue weighted by molar-refractivity contribution is 5.88. The van der Waals surface area contributed by atoms with Gasteiger partial charge in [-0.25, -0.2) is 0 Å². The third kappa shape index (κ3) is 3.76. The molecular formula is C21H27N3O4. The molecule has 0 spiro atoms. The van der Waals surface area contributed by atoms with Crippen LogP contribution in [-0.4, -0.2) is 29.8 Å². The molecule has 2 heterocycles. The Morgan fingerprint density at radius 1 is 1.21 bits per heavy atom. The van der Waals surface area contributed by atoms with Crippen LogP contribution in [0.3, 0.4) is 0 Å². The Morgan fingerprint density at radius 3 is 2.68 bits per heavy atom. The number of methoxy groups -OCH3 is 1. The van der Waals surface area contributed by atoms with Crippen molar-refractivity contribution >= 4 is 5.91 Å². The molecule has 1 atom stereocenters. The molecule has 0 unspecified atom stereocenters. The average Bonchev–Trinajstić information content (AvgIpc) is 3.44. The normalized spacial score (nSPS) is 21.4. The fourth-order valence-electron chi connectivity index (χ4n) is 4.28. The molecule has 1 aliphatic carbocycles. The van der Waals surface area contributed by atoms with E-state index in [1.54, 1.807) is 7.11 Å². The number of carbonyl (C=O) groups is 1. The van der Waals surface area contributed by atoms with E-state index >= 15 is 0 Å². The lowest BCUT2D eigenvalue weighted by Gasteiger charge is -2.36. The van der Waals surface area contributed by atoms with Crippen molar-refractivity contribution in [3.63, 3.8) is 0 Å². The number of amides is 1. The van der Waals surface area contributed by atoms with Crippen molar-refractivity contribution < 1.29 is 18.8 Å². The van der Waals surface area contributed by atoms with Gasteiger partial charge >= 0.3 is 0 Å². The predicted molar refractivity (Wildman–Crippen MR) is 102 cm³/mol. The summed E-state index contributed by atoms with van der Waals surface area (Å²) in [6, 6.07) is 7.86. The summed E-state index contributed by atoms with van der Waals surface area (Å²) >= 11 is 0. The molecule has 28 heavy (non-hydrogen) atoms. The second kappa shape index (κ2) is 8.31. The van der Waals surface area contributed by atoms with E-state index in [4.69, 9.17) is 14.0 Å². The molecule has 1 saturated carbocycles. The number of carbonyl (C=O) groups excluding carboxylic acids is 1. The summed E-state index contributed by atoms with van der Waals surface area (Å²) in [5.74, 6) is 1.81. The van der Waals surface area contributed by atoms with Crippen LogP contribution in [0.5, 0.6) is 5.75 Å². The molecule has 7 nitrogen and oxygen atoms in total. The van der Waals surface area contributed by atoms with Crippen molar-refractivity contribution in [2.45, 2.75) is 63.0 Å². The number of benzene rings is 1. The molecule has 1 N–H and O–H groups in total. The number of aromatic nitrogens is 2. The Bertz CT molecular complexity index is 790. The van der Waals surface area contributed by atoms with Crippen molar-refractivity contribution in [3.05, 3.63) is 41.5 Å². The SMILES string of the molecule is COc1ccc(C2(C(=O)NCc3noc([C@H]4CCCO4)n3)CCCCC2)cc1. The molecule has 150 valence electrons. The molecule has 2 aromatic rings. The summed E-state index contributed by atoms with van der Waals surface area (Å²) in [5.41, 5.74) is 0.532. The maximum atomic E-state index is 13.3. The lowest BCUT2D eigenvalue weighted by atomic mass is 9.68. The van der Waals surface area contributed by atoms with E-state index in [0.29, 0.717) is 11.7 Å². The second-order valence-corrected chi connectivity index (χ2v) is 7.60. The molecule has 1 aromatic carbocycles. The van der Waals surface area contributed by atoms with Crippen LogP contribution in [-0.2, 0) is 21.5 Å². The van der Waals surface area contributed by atoms with Gasteiger partial charge in [0.2, 0.25) is 5.91 Å². The van der Waals surface area contributed by atoms with Crippen molar-refractivity contribution in [2.24, 2.45) is 0 Å². The van der Waals surface area contributed by atoms with Crippen LogP contribution in [0.2, 0.25) is 0 Å². The topological polar surface area (TPSA) is 86.5 Å². The summed E-state index contributed by atoms with van der Waals surface area (Å²) in [4.78, 5) is 17.7. The Hall–Kier alpha value is -2.41. The van der Waals surface area contributed by atoms with Gasteiger partial charge in [-0.15, -0.1) is 0 Å². The van der Waals surface area contributed by atoms with Crippen LogP contribution >= 0.6 is 0 Å². The maximum absolute atomic E-state index is 13.3. The van der Waals surface area contributed by atoms with Crippen molar-refractivity contribution in [2.75, 3.05) is 13.7 Å². The zero-order valence-corrected chi connectivity index (χ0v) is 16.3. The molecule has 7 heteroatoms. The molecule has 4 rings (SSSR count). The summed E-state index contributed by atoms with van der Waals surface area (Å²) in [7, 11) is 1.65. The van der Waals surface area contributed by atoms with E-state index < -0.39 is 5.41 Å². The second-order valence-electron chi connectivity index (χ2n) is 7.60. The highest BCUT2D eigenvalue weighted by Gasteiger charge is 2.41. The van der Waals surface area contributed by atoms with Gasteiger partial charge in [0.05, 0.1) is 19.1 Å². The molecular weight excluding hydrogens is 358 g/mol. The molecule has 2 aliphatic rings. The Kier molecular flexibility index (Phi) is 5.62. The number of nitrogens with one attached hydrogen (secondary N) is 1. The quantitative estimate of drug-likeness (QED) is 0.820. The van der Waals surface area contributed by atoms with Gasteiger partial charge in [0.25, 0.3) is 5.89 Å². The van der Waals surface area contributed by atoms with Crippen molar-refractivity contribution in [1.82, 2.24) is 15.5 Å². The smallest absolute Gasteiger partial charge is 0.255 e. The van der Waals surface area contributed by atoms with Gasteiger partial charge in [0.1, 0.15) is 11.9 Å². The molecule has 0 radical (unpaired) electrons. The highest BCUT2D eigenvalue weighted by atomic mass is 16.5. The van der Waals surface area contributed by atoms with Gasteiger partial charge in [-0.1, -0.05) is 36.6 Å². The average molecular weight is 385 g/mol. The summed E-state index contributed by atoms with van der Waals surface area (Å²) in [6.07, 6.45) is 6.74. The fraction of sp³-hybridized carbons (Fsp3) is 0.571. The van der Waals surface area contributed by atoms with Crippen LogP contribution < -0.4 is 10.1 Å². The lowest BCUT2D eigenvalue weighted by Crippen LogP contribution is -2.45. The molecule has 0 bridgehead atoms. The Balaban J connectivity index is 1.46. The van der Waals surface area contributed by atoms with Crippen LogP contribution in [0, 0.1) is 0 Å². The summed E-state index contributed by atoms with van der Waals surface area (Å²) in [5, 5.41) is 7.04. The van der Waals surface area contributed by atoms with E-state index in [2.05, 4.69) is 15.5 Å². The van der Waals surface area contributed by atoms with E-state index in [0.717, 1.165) is 56.4 Å². The summed E-state index contributed by atoms with van der Waals surface area (Å²) in [6.45, 7) is 0.983. The first-order valence-corrected chi connectivity index (χ1v) is 10.1. The third-order valence-corrected chi connectivity index (χ3v) is 5.88. The summed E-state index contributed by atoms with van der Waals surface area (Å²) < 4.78 is 16.1. The Labute approximate surface area is 164 Å². The molecule has 1 aromatic heterocycles. The molecule has 2 fully saturated rings. The van der Waals surface area contributed by atoms with E-state index in [1.807, 2.05) is 24.3 Å². The first-order chi connectivity index (χ1) is 13.7. The number of ether oxygens (including phenoxy) is 2. The standard InChI is InChI=1S/C21H27N3O4/c1-26-16-9-7-15(8-10-16)21(11-3-2-4-12-21)20(25)22-14-18-23-19(28-24-18)17-6-5-13-27-17/h7-10,17H,2-6,11-14H2,1H3,(H,22,25)/t17-/m1/s1. The monoisotopic (exact) mass is 385 g/mol. The van der Waals surface area contributed by atoms with Gasteiger partial charge in [0.15, 0.2) is 5.82 Å². The third-order valence-electron chi connectivity index (χ3n) is 5.88. The number of nitrogens with zero attached hydrogens (tertiary/aromatic N) is 2. The van der Waals surface area contributed by atoms with Gasteiger partial charge in [-0.2, -0.15) is 4.98 Å². The van der Waals surface area contributed by atoms with Gasteiger partial charge < -0.3 is 19.3 Å². The van der Waals surface area contributed by atoms with E-state index in [-0.39, 0.29) is 18.6 Å². The van der Waals surface area contributed by atoms with Gasteiger partial charge in [0, 0.05) is 6.61 Å². The van der Waals surface area contributed by atoms with Crippen molar-refractivity contribution in [1.29, 1.82) is 0 Å². The van der Waals surface area contributed by atoms with Crippen molar-refractivity contribution in [3.8, 4) is 5.75 Å². The predicted octanol–water partition coefficient (Wildman–Crippen LogP) is 3.45. The minimum absolute atomic E-state index is 0.0285. The lowest BCUT2D eigenvalue weighted by molar-refractivity contribution is -0.128. The van der Waals surface area contributed by atoms with Crippen LogP contribution in [0.25, 0.3) is 0 Å². The molecule has 1 saturated heterocycles. The maximum Gasteiger partial charge on any atom is 0.255 e. The number of hydrogen-bond donors (Lipinski definition) is 1. The van der Waals surface area contributed by atoms with Gasteiger partial charge in [-0.05, 0) is 43.4 Å².